The summed E-state index contributed by atoms with van der Waals surface area (Å²) in [4.78, 5) is 10.5. The Morgan fingerprint density at radius 3 is 2.20 bits per heavy atom. The number of alkyl halides is 3. The standard InChI is InChI=1S/C8H12F3NO3/c1-14-7(15-2)4-5(12)3-6(13)8(9,10)11/h3,7H,4,12H2,1-2H3/b5-3-. The van der Waals surface area contributed by atoms with Crippen molar-refractivity contribution in [2.45, 2.75) is 18.9 Å². The molecule has 0 amide bonds. The summed E-state index contributed by atoms with van der Waals surface area (Å²) in [7, 11) is 2.63. The van der Waals surface area contributed by atoms with Crippen LogP contribution in [-0.2, 0) is 14.3 Å². The fourth-order valence-electron chi connectivity index (χ4n) is 0.764. The van der Waals surface area contributed by atoms with Crippen molar-refractivity contribution in [1.82, 2.24) is 0 Å². The summed E-state index contributed by atoms with van der Waals surface area (Å²) < 4.78 is 44.8. The van der Waals surface area contributed by atoms with Gasteiger partial charge in [-0.2, -0.15) is 13.2 Å². The number of allylic oxidation sites excluding steroid dienone is 1. The maximum atomic E-state index is 11.8. The molecule has 0 spiro atoms. The minimum absolute atomic E-state index is 0.102. The van der Waals surface area contributed by atoms with E-state index in [0.717, 1.165) is 0 Å². The van der Waals surface area contributed by atoms with Gasteiger partial charge in [-0.1, -0.05) is 0 Å². The third-order valence-electron chi connectivity index (χ3n) is 1.52. The van der Waals surface area contributed by atoms with Crippen LogP contribution < -0.4 is 5.73 Å². The zero-order chi connectivity index (χ0) is 12.1. The molecule has 0 aromatic carbocycles. The van der Waals surface area contributed by atoms with Gasteiger partial charge in [0.05, 0.1) is 0 Å². The highest BCUT2D eigenvalue weighted by Crippen LogP contribution is 2.17. The van der Waals surface area contributed by atoms with Gasteiger partial charge in [0.1, 0.15) is 0 Å². The van der Waals surface area contributed by atoms with Gasteiger partial charge in [-0.05, 0) is 0 Å². The fourth-order valence-corrected chi connectivity index (χ4v) is 0.764. The Morgan fingerprint density at radius 1 is 1.40 bits per heavy atom. The molecule has 0 aromatic heterocycles. The SMILES string of the molecule is COC(C/C(N)=C/C(=O)C(F)(F)F)OC. The molecule has 0 heterocycles. The number of carbonyl (C=O) groups is 1. The number of rotatable bonds is 5. The first-order chi connectivity index (χ1) is 6.81. The molecular weight excluding hydrogens is 215 g/mol. The van der Waals surface area contributed by atoms with Crippen LogP contribution in [0.25, 0.3) is 0 Å². The summed E-state index contributed by atoms with van der Waals surface area (Å²) in [5, 5.41) is 0. The Labute approximate surface area is 84.8 Å². The molecule has 88 valence electrons. The lowest BCUT2D eigenvalue weighted by molar-refractivity contribution is -0.165. The molecule has 7 heteroatoms. The Balaban J connectivity index is 4.38. The Kier molecular flexibility index (Phi) is 5.31. The van der Waals surface area contributed by atoms with Crippen LogP contribution in [0.2, 0.25) is 0 Å². The first kappa shape index (κ1) is 13.9. The highest BCUT2D eigenvalue weighted by molar-refractivity contribution is 5.94. The van der Waals surface area contributed by atoms with E-state index in [0.29, 0.717) is 6.08 Å². The minimum atomic E-state index is -4.90. The van der Waals surface area contributed by atoms with E-state index >= 15 is 0 Å². The molecule has 0 unspecified atom stereocenters. The molecule has 0 aliphatic heterocycles. The highest BCUT2D eigenvalue weighted by Gasteiger charge is 2.36. The lowest BCUT2D eigenvalue weighted by Crippen LogP contribution is -2.23. The largest absolute Gasteiger partial charge is 0.454 e. The van der Waals surface area contributed by atoms with Crippen molar-refractivity contribution in [1.29, 1.82) is 0 Å². The number of ketones is 1. The van der Waals surface area contributed by atoms with Gasteiger partial charge in [0.15, 0.2) is 6.29 Å². The van der Waals surface area contributed by atoms with Crippen molar-refractivity contribution in [3.8, 4) is 0 Å². The normalized spacial score (nSPS) is 13.3. The fraction of sp³-hybridized carbons (Fsp3) is 0.625. The van der Waals surface area contributed by atoms with E-state index in [1.165, 1.54) is 14.2 Å². The molecule has 0 rings (SSSR count). The van der Waals surface area contributed by atoms with Crippen LogP contribution in [0.1, 0.15) is 6.42 Å². The molecule has 0 saturated heterocycles. The van der Waals surface area contributed by atoms with Crippen molar-refractivity contribution >= 4 is 5.78 Å². The summed E-state index contributed by atoms with van der Waals surface area (Å²) >= 11 is 0. The second-order valence-electron chi connectivity index (χ2n) is 2.69. The number of ether oxygens (including phenoxy) is 2. The third-order valence-corrected chi connectivity index (χ3v) is 1.52. The van der Waals surface area contributed by atoms with Crippen LogP contribution in [0.5, 0.6) is 0 Å². The van der Waals surface area contributed by atoms with Gasteiger partial charge < -0.3 is 15.2 Å². The quantitative estimate of drug-likeness (QED) is 0.561. The molecule has 0 aliphatic carbocycles. The second-order valence-corrected chi connectivity index (χ2v) is 2.69. The summed E-state index contributed by atoms with van der Waals surface area (Å²) in [6.07, 6.45) is -5.44. The summed E-state index contributed by atoms with van der Waals surface area (Å²) in [6.45, 7) is 0. The number of nitrogens with two attached hydrogens (primary N) is 1. The zero-order valence-electron chi connectivity index (χ0n) is 8.30. The highest BCUT2D eigenvalue weighted by atomic mass is 19.4. The van der Waals surface area contributed by atoms with Crippen molar-refractivity contribution in [3.05, 3.63) is 11.8 Å². The van der Waals surface area contributed by atoms with Crippen LogP contribution in [0.4, 0.5) is 13.2 Å². The van der Waals surface area contributed by atoms with Gasteiger partial charge in [-0.25, -0.2) is 0 Å². The maximum Gasteiger partial charge on any atom is 0.454 e. The summed E-state index contributed by atoms with van der Waals surface area (Å²) in [6, 6.07) is 0. The van der Waals surface area contributed by atoms with Crippen LogP contribution >= 0.6 is 0 Å². The number of hydrogen-bond donors (Lipinski definition) is 1. The summed E-state index contributed by atoms with van der Waals surface area (Å²) in [5.41, 5.74) is 4.96. The molecular formula is C8H12F3NO3. The van der Waals surface area contributed by atoms with E-state index in [-0.39, 0.29) is 12.1 Å². The number of hydrogen-bond acceptors (Lipinski definition) is 4. The monoisotopic (exact) mass is 227 g/mol. The first-order valence-corrected chi connectivity index (χ1v) is 3.94. The van der Waals surface area contributed by atoms with Gasteiger partial charge in [0.25, 0.3) is 5.78 Å². The average Bonchev–Trinajstić information content (AvgIpc) is 2.12. The van der Waals surface area contributed by atoms with E-state index in [1.54, 1.807) is 0 Å². The topological polar surface area (TPSA) is 61.5 Å². The molecule has 15 heavy (non-hydrogen) atoms. The molecule has 0 saturated carbocycles. The molecule has 4 nitrogen and oxygen atoms in total. The maximum absolute atomic E-state index is 11.8. The van der Waals surface area contributed by atoms with Crippen molar-refractivity contribution in [2.24, 2.45) is 5.73 Å². The molecule has 0 atom stereocenters. The number of methoxy groups -OCH3 is 2. The van der Waals surface area contributed by atoms with Crippen molar-refractivity contribution < 1.29 is 27.4 Å². The Hall–Kier alpha value is -1.08. The van der Waals surface area contributed by atoms with Crippen LogP contribution in [0.3, 0.4) is 0 Å². The van der Waals surface area contributed by atoms with Crippen LogP contribution in [0.15, 0.2) is 11.8 Å². The van der Waals surface area contributed by atoms with Crippen LogP contribution in [-0.4, -0.2) is 32.5 Å². The first-order valence-electron chi connectivity index (χ1n) is 3.94. The summed E-state index contributed by atoms with van der Waals surface area (Å²) in [5.74, 6) is -1.99. The second kappa shape index (κ2) is 5.72. The van der Waals surface area contributed by atoms with Gasteiger partial charge >= 0.3 is 6.18 Å². The van der Waals surface area contributed by atoms with Crippen molar-refractivity contribution in [2.75, 3.05) is 14.2 Å². The van der Waals surface area contributed by atoms with Gasteiger partial charge in [0.2, 0.25) is 0 Å². The van der Waals surface area contributed by atoms with E-state index in [9.17, 15) is 18.0 Å². The Morgan fingerprint density at radius 2 is 1.87 bits per heavy atom. The average molecular weight is 227 g/mol. The van der Waals surface area contributed by atoms with E-state index in [1.807, 2.05) is 0 Å². The van der Waals surface area contributed by atoms with E-state index < -0.39 is 18.2 Å². The van der Waals surface area contributed by atoms with Crippen molar-refractivity contribution in [3.63, 3.8) is 0 Å². The minimum Gasteiger partial charge on any atom is -0.402 e. The van der Waals surface area contributed by atoms with Gasteiger partial charge in [0, 0.05) is 32.4 Å². The zero-order valence-corrected chi connectivity index (χ0v) is 8.30. The van der Waals surface area contributed by atoms with Gasteiger partial charge in [-0.3, -0.25) is 4.79 Å². The number of carbonyl (C=O) groups excluding carboxylic acids is 1. The molecule has 0 fully saturated rings. The number of halogens is 3. The predicted molar refractivity (Wildman–Crippen MR) is 45.8 cm³/mol. The molecule has 0 aliphatic rings. The molecule has 2 N–H and O–H groups in total. The lowest BCUT2D eigenvalue weighted by Gasteiger charge is -2.13. The van der Waals surface area contributed by atoms with E-state index in [2.05, 4.69) is 0 Å². The van der Waals surface area contributed by atoms with Crippen LogP contribution in [0, 0.1) is 0 Å². The van der Waals surface area contributed by atoms with Gasteiger partial charge in [-0.15, -0.1) is 0 Å². The lowest BCUT2D eigenvalue weighted by atomic mass is 10.2. The predicted octanol–water partition coefficient (Wildman–Crippen LogP) is 0.969. The molecule has 0 radical (unpaired) electrons. The van der Waals surface area contributed by atoms with E-state index in [4.69, 9.17) is 15.2 Å². The third kappa shape index (κ3) is 5.38. The molecule has 0 bridgehead atoms. The smallest absolute Gasteiger partial charge is 0.402 e. The Bertz CT molecular complexity index is 246. The molecule has 0 aromatic rings.